The van der Waals surface area contributed by atoms with Crippen LogP contribution >= 0.6 is 0 Å². The minimum absolute atomic E-state index is 0.0553. The SMILES string of the molecule is O=C(NCc1ccccc1CO)Nc1ccccc1Cn1cncn1. The van der Waals surface area contributed by atoms with E-state index in [1.165, 1.54) is 6.33 Å². The minimum Gasteiger partial charge on any atom is -0.392 e. The first kappa shape index (κ1) is 16.7. The van der Waals surface area contributed by atoms with Gasteiger partial charge in [-0.15, -0.1) is 0 Å². The van der Waals surface area contributed by atoms with Gasteiger partial charge in [-0.2, -0.15) is 5.10 Å². The Labute approximate surface area is 145 Å². The van der Waals surface area contributed by atoms with E-state index in [1.54, 1.807) is 11.0 Å². The van der Waals surface area contributed by atoms with Crippen LogP contribution in [0, 0.1) is 0 Å². The monoisotopic (exact) mass is 337 g/mol. The van der Waals surface area contributed by atoms with Gasteiger partial charge >= 0.3 is 6.03 Å². The van der Waals surface area contributed by atoms with E-state index in [2.05, 4.69) is 20.7 Å². The Kier molecular flexibility index (Phi) is 5.38. The summed E-state index contributed by atoms with van der Waals surface area (Å²) < 4.78 is 1.69. The van der Waals surface area contributed by atoms with E-state index in [9.17, 15) is 9.90 Å². The maximum atomic E-state index is 12.2. The summed E-state index contributed by atoms with van der Waals surface area (Å²) in [4.78, 5) is 16.1. The number of hydrogen-bond donors (Lipinski definition) is 3. The number of urea groups is 1. The number of benzene rings is 2. The summed E-state index contributed by atoms with van der Waals surface area (Å²) in [5, 5.41) is 19.1. The van der Waals surface area contributed by atoms with E-state index >= 15 is 0 Å². The van der Waals surface area contributed by atoms with Crippen LogP contribution in [0.3, 0.4) is 0 Å². The van der Waals surface area contributed by atoms with Crippen LogP contribution in [0.1, 0.15) is 16.7 Å². The van der Waals surface area contributed by atoms with Gasteiger partial charge in [0.05, 0.1) is 13.2 Å². The Balaban J connectivity index is 1.63. The summed E-state index contributed by atoms with van der Waals surface area (Å²) in [6, 6.07) is 14.7. The van der Waals surface area contributed by atoms with Crippen molar-refractivity contribution >= 4 is 11.7 Å². The molecule has 128 valence electrons. The van der Waals surface area contributed by atoms with Crippen LogP contribution < -0.4 is 10.6 Å². The first-order chi connectivity index (χ1) is 12.3. The largest absolute Gasteiger partial charge is 0.392 e. The lowest BCUT2D eigenvalue weighted by Gasteiger charge is -2.13. The number of amides is 2. The number of para-hydroxylation sites is 1. The maximum Gasteiger partial charge on any atom is 0.319 e. The van der Waals surface area contributed by atoms with E-state index in [0.717, 1.165) is 16.7 Å². The van der Waals surface area contributed by atoms with Gasteiger partial charge in [-0.3, -0.25) is 0 Å². The van der Waals surface area contributed by atoms with Crippen molar-refractivity contribution in [1.82, 2.24) is 20.1 Å². The zero-order valence-corrected chi connectivity index (χ0v) is 13.6. The van der Waals surface area contributed by atoms with Crippen molar-refractivity contribution in [3.8, 4) is 0 Å². The predicted molar refractivity (Wildman–Crippen MR) is 93.8 cm³/mol. The fourth-order valence-corrected chi connectivity index (χ4v) is 2.50. The van der Waals surface area contributed by atoms with Gasteiger partial charge in [0.1, 0.15) is 12.7 Å². The summed E-state index contributed by atoms with van der Waals surface area (Å²) in [6.45, 7) is 0.803. The third-order valence-corrected chi connectivity index (χ3v) is 3.79. The molecule has 0 unspecified atom stereocenters. The Hall–Kier alpha value is -3.19. The second-order valence-corrected chi connectivity index (χ2v) is 5.48. The van der Waals surface area contributed by atoms with E-state index in [-0.39, 0.29) is 12.6 Å². The lowest BCUT2D eigenvalue weighted by atomic mass is 10.1. The predicted octanol–water partition coefficient (Wildman–Crippen LogP) is 2.14. The lowest BCUT2D eigenvalue weighted by Crippen LogP contribution is -2.29. The number of anilines is 1. The number of aromatic nitrogens is 3. The van der Waals surface area contributed by atoms with E-state index < -0.39 is 0 Å². The highest BCUT2D eigenvalue weighted by Crippen LogP contribution is 2.16. The Bertz CT molecular complexity index is 833. The topological polar surface area (TPSA) is 92.1 Å². The molecule has 0 saturated heterocycles. The fraction of sp³-hybridized carbons (Fsp3) is 0.167. The van der Waals surface area contributed by atoms with Crippen LogP contribution in [0.2, 0.25) is 0 Å². The normalized spacial score (nSPS) is 10.4. The number of nitrogens with one attached hydrogen (secondary N) is 2. The van der Waals surface area contributed by atoms with E-state index in [0.29, 0.717) is 18.8 Å². The molecule has 1 aromatic heterocycles. The molecule has 0 spiro atoms. The van der Waals surface area contributed by atoms with Crippen molar-refractivity contribution in [3.05, 3.63) is 77.9 Å². The molecule has 2 aromatic carbocycles. The Morgan fingerprint density at radius 2 is 1.76 bits per heavy atom. The zero-order valence-electron chi connectivity index (χ0n) is 13.6. The molecular weight excluding hydrogens is 318 g/mol. The minimum atomic E-state index is -0.307. The Morgan fingerprint density at radius 1 is 1.04 bits per heavy atom. The lowest BCUT2D eigenvalue weighted by molar-refractivity contribution is 0.251. The van der Waals surface area contributed by atoms with Gasteiger partial charge in [0.15, 0.2) is 0 Å². The van der Waals surface area contributed by atoms with Gasteiger partial charge in [-0.1, -0.05) is 42.5 Å². The molecule has 25 heavy (non-hydrogen) atoms. The van der Waals surface area contributed by atoms with E-state index in [4.69, 9.17) is 0 Å². The van der Waals surface area contributed by atoms with Gasteiger partial charge < -0.3 is 15.7 Å². The second-order valence-electron chi connectivity index (χ2n) is 5.48. The van der Waals surface area contributed by atoms with Crippen LogP contribution in [0.15, 0.2) is 61.2 Å². The van der Waals surface area contributed by atoms with Gasteiger partial charge in [-0.25, -0.2) is 14.5 Å². The molecule has 7 nitrogen and oxygen atoms in total. The first-order valence-corrected chi connectivity index (χ1v) is 7.89. The van der Waals surface area contributed by atoms with Gasteiger partial charge in [-0.05, 0) is 22.8 Å². The van der Waals surface area contributed by atoms with Crippen LogP contribution in [-0.2, 0) is 19.7 Å². The number of carbonyl (C=O) groups excluding carboxylic acids is 1. The molecule has 3 aromatic rings. The summed E-state index contributed by atoms with van der Waals surface area (Å²) in [5.41, 5.74) is 3.33. The summed E-state index contributed by atoms with van der Waals surface area (Å²) in [7, 11) is 0. The summed E-state index contributed by atoms with van der Waals surface area (Å²) in [6.07, 6.45) is 3.10. The highest BCUT2D eigenvalue weighted by Gasteiger charge is 2.08. The van der Waals surface area contributed by atoms with Crippen molar-refractivity contribution in [3.63, 3.8) is 0 Å². The van der Waals surface area contributed by atoms with E-state index in [1.807, 2.05) is 48.5 Å². The quantitative estimate of drug-likeness (QED) is 0.642. The summed E-state index contributed by atoms with van der Waals surface area (Å²) >= 11 is 0. The van der Waals surface area contributed by atoms with Crippen LogP contribution in [0.4, 0.5) is 10.5 Å². The Morgan fingerprint density at radius 3 is 2.48 bits per heavy atom. The van der Waals surface area contributed by atoms with Gasteiger partial charge in [0, 0.05) is 12.2 Å². The first-order valence-electron chi connectivity index (χ1n) is 7.89. The molecule has 0 atom stereocenters. The number of aliphatic hydroxyl groups excluding tert-OH is 1. The van der Waals surface area contributed by atoms with Crippen LogP contribution in [0.25, 0.3) is 0 Å². The van der Waals surface area contributed by atoms with Crippen LogP contribution in [0.5, 0.6) is 0 Å². The second kappa shape index (κ2) is 8.07. The van der Waals surface area contributed by atoms with Crippen LogP contribution in [-0.4, -0.2) is 25.9 Å². The molecule has 7 heteroatoms. The zero-order chi connectivity index (χ0) is 17.5. The number of carbonyl (C=O) groups is 1. The number of rotatable bonds is 6. The van der Waals surface area contributed by atoms with Gasteiger partial charge in [0.2, 0.25) is 0 Å². The molecule has 0 fully saturated rings. The van der Waals surface area contributed by atoms with Crippen molar-refractivity contribution in [2.75, 3.05) is 5.32 Å². The van der Waals surface area contributed by atoms with Crippen molar-refractivity contribution in [2.45, 2.75) is 19.7 Å². The standard InChI is InChI=1S/C18H19N5O2/c24-11-16-7-2-1-5-14(16)9-20-18(25)22-17-8-4-3-6-15(17)10-23-13-19-12-21-23/h1-8,12-13,24H,9-11H2,(H2,20,22,25). The molecule has 1 heterocycles. The molecule has 0 saturated carbocycles. The molecule has 0 radical (unpaired) electrons. The molecule has 3 rings (SSSR count). The molecule has 0 aliphatic heterocycles. The third-order valence-electron chi connectivity index (χ3n) is 3.79. The average molecular weight is 337 g/mol. The smallest absolute Gasteiger partial charge is 0.319 e. The molecule has 0 bridgehead atoms. The highest BCUT2D eigenvalue weighted by atomic mass is 16.3. The maximum absolute atomic E-state index is 12.2. The molecular formula is C18H19N5O2. The van der Waals surface area contributed by atoms with Crippen molar-refractivity contribution < 1.29 is 9.90 Å². The molecule has 0 aliphatic carbocycles. The third kappa shape index (κ3) is 4.42. The average Bonchev–Trinajstić information content (AvgIpc) is 3.15. The summed E-state index contributed by atoms with van der Waals surface area (Å²) in [5.74, 6) is 0. The number of aliphatic hydroxyl groups is 1. The van der Waals surface area contributed by atoms with Gasteiger partial charge in [0.25, 0.3) is 0 Å². The van der Waals surface area contributed by atoms with Crippen molar-refractivity contribution in [1.29, 1.82) is 0 Å². The number of nitrogens with zero attached hydrogens (tertiary/aromatic N) is 3. The molecule has 3 N–H and O–H groups in total. The van der Waals surface area contributed by atoms with Crippen molar-refractivity contribution in [2.24, 2.45) is 0 Å². The molecule has 2 amide bonds. The highest BCUT2D eigenvalue weighted by molar-refractivity contribution is 5.90. The number of hydrogen-bond acceptors (Lipinski definition) is 4. The molecule has 0 aliphatic rings. The fourth-order valence-electron chi connectivity index (χ4n) is 2.50.